The van der Waals surface area contributed by atoms with Gasteiger partial charge in [-0.15, -0.1) is 0 Å². The maximum atomic E-state index is 14.1. The molecule has 0 radical (unpaired) electrons. The highest BCUT2D eigenvalue weighted by atomic mass is 79.9. The van der Waals surface area contributed by atoms with Crippen LogP contribution in [0.3, 0.4) is 0 Å². The molecule has 0 fully saturated rings. The summed E-state index contributed by atoms with van der Waals surface area (Å²) >= 11 is 18.7. The molecule has 0 aliphatic carbocycles. The molecule has 23 heavy (non-hydrogen) atoms. The summed E-state index contributed by atoms with van der Waals surface area (Å²) in [6, 6.07) is -0.378. The molecule has 12 heteroatoms. The number of hydrazone groups is 1. The second-order valence-corrected chi connectivity index (χ2v) is 6.93. The molecule has 0 saturated heterocycles. The van der Waals surface area contributed by atoms with Gasteiger partial charge in [0, 0.05) is 0 Å². The van der Waals surface area contributed by atoms with Crippen LogP contribution in [0, 0.1) is 11.6 Å². The molecule has 6 nitrogen and oxygen atoms in total. The zero-order valence-corrected chi connectivity index (χ0v) is 14.9. The number of nitrogens with zero attached hydrogens (tertiary/aromatic N) is 1. The van der Waals surface area contributed by atoms with Gasteiger partial charge in [-0.1, -0.05) is 34.8 Å². The Hall–Kier alpha value is -1.16. The summed E-state index contributed by atoms with van der Waals surface area (Å²) in [4.78, 5) is 23.2. The van der Waals surface area contributed by atoms with Crippen LogP contribution < -0.4 is 10.7 Å². The summed E-state index contributed by atoms with van der Waals surface area (Å²) in [6.07, 6.45) is 0.773. The lowest BCUT2D eigenvalue weighted by molar-refractivity contribution is 0.0601. The maximum absolute atomic E-state index is 14.1. The van der Waals surface area contributed by atoms with Crippen LogP contribution in [-0.2, 0) is 4.74 Å². The number of esters is 1. The fourth-order valence-corrected chi connectivity index (χ4v) is 1.75. The predicted molar refractivity (Wildman–Crippen MR) is 86.3 cm³/mol. The molecule has 0 aliphatic rings. The van der Waals surface area contributed by atoms with Crippen molar-refractivity contribution in [1.82, 2.24) is 5.43 Å². The number of ether oxygens (including phenoxy) is 1. The normalized spacial score (nSPS) is 11.4. The van der Waals surface area contributed by atoms with Crippen LogP contribution in [0.5, 0.6) is 0 Å². The van der Waals surface area contributed by atoms with Gasteiger partial charge in [0.15, 0.2) is 5.82 Å². The Morgan fingerprint density at radius 2 is 2.00 bits per heavy atom. The monoisotopic (exact) mass is 451 g/mol. The molecular weight excluding hydrogens is 446 g/mol. The summed E-state index contributed by atoms with van der Waals surface area (Å²) in [6.45, 7) is 0. The van der Waals surface area contributed by atoms with Gasteiger partial charge >= 0.3 is 12.0 Å². The molecule has 0 aromatic heterocycles. The average molecular weight is 453 g/mol. The van der Waals surface area contributed by atoms with Gasteiger partial charge in [0.2, 0.25) is 3.79 Å². The first-order chi connectivity index (χ1) is 10.6. The number of hydrogen-bond acceptors (Lipinski definition) is 4. The Morgan fingerprint density at radius 3 is 2.52 bits per heavy atom. The Labute approximate surface area is 152 Å². The topological polar surface area (TPSA) is 79.8 Å². The van der Waals surface area contributed by atoms with Crippen molar-refractivity contribution < 1.29 is 23.1 Å². The van der Waals surface area contributed by atoms with Gasteiger partial charge in [-0.25, -0.2) is 23.8 Å². The van der Waals surface area contributed by atoms with Crippen LogP contribution in [0.4, 0.5) is 19.3 Å². The van der Waals surface area contributed by atoms with E-state index >= 15 is 0 Å². The second-order valence-electron chi connectivity index (χ2n) is 3.77. The molecule has 0 spiro atoms. The molecule has 1 aromatic rings. The minimum absolute atomic E-state index is 0.536. The van der Waals surface area contributed by atoms with Gasteiger partial charge in [-0.05, 0) is 22.0 Å². The average Bonchev–Trinajstić information content (AvgIpc) is 2.45. The summed E-state index contributed by atoms with van der Waals surface area (Å²) in [7, 11) is 1.01. The van der Waals surface area contributed by atoms with Crippen molar-refractivity contribution in [2.24, 2.45) is 5.10 Å². The van der Waals surface area contributed by atoms with Crippen molar-refractivity contribution in [3.63, 3.8) is 0 Å². The Bertz CT molecular complexity index is 668. The van der Waals surface area contributed by atoms with Crippen molar-refractivity contribution in [2.75, 3.05) is 12.4 Å². The highest BCUT2D eigenvalue weighted by Crippen LogP contribution is 2.30. The fraction of sp³-hybridized carbons (Fsp3) is 0.182. The number of alkyl halides is 3. The molecule has 1 rings (SSSR count). The highest BCUT2D eigenvalue weighted by molar-refractivity contribution is 9.10. The third-order valence-electron chi connectivity index (χ3n) is 2.18. The van der Waals surface area contributed by atoms with Crippen LogP contribution >= 0.6 is 50.7 Å². The van der Waals surface area contributed by atoms with E-state index in [0.717, 1.165) is 13.3 Å². The number of urea groups is 1. The van der Waals surface area contributed by atoms with Crippen molar-refractivity contribution in [1.29, 1.82) is 0 Å². The SMILES string of the molecule is COC(=O)c1cc(F)c(Br)c(F)c1NC(=O)NN=CC(Cl)(Cl)Cl. The molecule has 0 heterocycles. The van der Waals surface area contributed by atoms with Gasteiger partial charge in [0.05, 0.1) is 29.0 Å². The van der Waals surface area contributed by atoms with E-state index in [1.807, 2.05) is 10.7 Å². The van der Waals surface area contributed by atoms with E-state index in [1.165, 1.54) is 0 Å². The van der Waals surface area contributed by atoms with Gasteiger partial charge in [0.25, 0.3) is 0 Å². The number of anilines is 1. The van der Waals surface area contributed by atoms with E-state index in [4.69, 9.17) is 34.8 Å². The molecule has 126 valence electrons. The minimum Gasteiger partial charge on any atom is -0.465 e. The first-order valence-electron chi connectivity index (χ1n) is 5.50. The molecule has 1 aromatic carbocycles. The zero-order valence-electron chi connectivity index (χ0n) is 11.1. The third-order valence-corrected chi connectivity index (χ3v) is 3.20. The standard InChI is InChI=1S/C11H7BrCl3F2N3O3/c1-23-9(21)4-2-5(16)6(12)7(17)8(4)19-10(22)20-18-3-11(13,14)15/h2-3H,1H3,(H2,19,20,22). The molecular formula is C11H7BrCl3F2N3O3. The third kappa shape index (κ3) is 5.76. The summed E-state index contributed by atoms with van der Waals surface area (Å²) in [5.74, 6) is -3.33. The number of halogens is 6. The summed E-state index contributed by atoms with van der Waals surface area (Å²) < 4.78 is 29.5. The lowest BCUT2D eigenvalue weighted by Gasteiger charge is -2.12. The van der Waals surface area contributed by atoms with Gasteiger partial charge < -0.3 is 10.1 Å². The number of carbonyl (C=O) groups excluding carboxylic acids is 2. The number of amides is 2. The van der Waals surface area contributed by atoms with Crippen molar-refractivity contribution in [2.45, 2.75) is 3.79 Å². The maximum Gasteiger partial charge on any atom is 0.340 e. The second kappa shape index (κ2) is 8.09. The number of rotatable bonds is 3. The van der Waals surface area contributed by atoms with Gasteiger partial charge in [0.1, 0.15) is 5.82 Å². The molecule has 2 N–H and O–H groups in total. The number of carbonyl (C=O) groups is 2. The molecule has 0 saturated carbocycles. The largest absolute Gasteiger partial charge is 0.465 e. The van der Waals surface area contributed by atoms with Crippen molar-refractivity contribution in [3.8, 4) is 0 Å². The van der Waals surface area contributed by atoms with Crippen molar-refractivity contribution >= 4 is 74.6 Å². The predicted octanol–water partition coefficient (Wildman–Crippen LogP) is 3.99. The first-order valence-corrected chi connectivity index (χ1v) is 7.43. The van der Waals surface area contributed by atoms with Crippen LogP contribution in [0.25, 0.3) is 0 Å². The van der Waals surface area contributed by atoms with E-state index < -0.39 is 43.2 Å². The lowest BCUT2D eigenvalue weighted by atomic mass is 10.1. The van der Waals surface area contributed by atoms with E-state index in [2.05, 4.69) is 25.8 Å². The minimum atomic E-state index is -1.85. The smallest absolute Gasteiger partial charge is 0.340 e. The molecule has 0 aliphatic heterocycles. The van der Waals surface area contributed by atoms with Gasteiger partial charge in [-0.2, -0.15) is 5.10 Å². The summed E-state index contributed by atoms with van der Waals surface area (Å²) in [5.41, 5.74) is 0.717. The van der Waals surface area contributed by atoms with Crippen molar-refractivity contribution in [3.05, 3.63) is 27.7 Å². The van der Waals surface area contributed by atoms with Crippen LogP contribution in [0.15, 0.2) is 15.6 Å². The Kier molecular flexibility index (Phi) is 7.00. The van der Waals surface area contributed by atoms with E-state index in [0.29, 0.717) is 6.07 Å². The Morgan fingerprint density at radius 1 is 1.39 bits per heavy atom. The molecule has 0 bridgehead atoms. The molecule has 2 amide bonds. The van der Waals surface area contributed by atoms with Crippen LogP contribution in [0.1, 0.15) is 10.4 Å². The Balaban J connectivity index is 3.07. The van der Waals surface area contributed by atoms with E-state index in [1.54, 1.807) is 0 Å². The first kappa shape index (κ1) is 19.9. The van der Waals surface area contributed by atoms with Crippen LogP contribution in [-0.4, -0.2) is 29.1 Å². The number of methoxy groups -OCH3 is 1. The summed E-state index contributed by atoms with van der Waals surface area (Å²) in [5, 5.41) is 5.28. The number of nitrogens with one attached hydrogen (secondary N) is 2. The van der Waals surface area contributed by atoms with Crippen LogP contribution in [0.2, 0.25) is 0 Å². The number of benzene rings is 1. The number of hydrogen-bond donors (Lipinski definition) is 2. The molecule has 0 unspecified atom stereocenters. The molecule has 0 atom stereocenters. The lowest BCUT2D eigenvalue weighted by Crippen LogP contribution is -2.27. The highest BCUT2D eigenvalue weighted by Gasteiger charge is 2.23. The van der Waals surface area contributed by atoms with E-state index in [9.17, 15) is 18.4 Å². The quantitative estimate of drug-likeness (QED) is 0.239. The fourth-order valence-electron chi connectivity index (χ4n) is 1.29. The zero-order chi connectivity index (χ0) is 17.8. The van der Waals surface area contributed by atoms with Gasteiger partial charge in [-0.3, -0.25) is 0 Å². The van der Waals surface area contributed by atoms with E-state index in [-0.39, 0.29) is 0 Å².